The summed E-state index contributed by atoms with van der Waals surface area (Å²) in [6.45, 7) is 2.06. The lowest BCUT2D eigenvalue weighted by molar-refractivity contribution is 0.414. The first-order valence-corrected chi connectivity index (χ1v) is 11.4. The summed E-state index contributed by atoms with van der Waals surface area (Å²) in [4.78, 5) is 0. The van der Waals surface area contributed by atoms with Crippen molar-refractivity contribution in [2.24, 2.45) is 0 Å². The molecule has 5 aromatic rings. The molecule has 0 unspecified atom stereocenters. The smallest absolute Gasteiger partial charge is 0.191 e. The maximum atomic E-state index is 4.97. The maximum Gasteiger partial charge on any atom is 0.191 e. The molecule has 0 aromatic heterocycles. The molecule has 0 spiro atoms. The van der Waals surface area contributed by atoms with E-state index in [1.807, 2.05) is 48.5 Å². The van der Waals surface area contributed by atoms with Crippen LogP contribution in [0, 0.1) is 6.92 Å². The highest BCUT2D eigenvalue weighted by Gasteiger charge is 1.95. The van der Waals surface area contributed by atoms with Gasteiger partial charge in [-0.1, -0.05) is 150 Å². The zero-order valence-electron chi connectivity index (χ0n) is 19.8. The topological polar surface area (TPSA) is 9.23 Å². The number of methoxy groups -OCH3 is 1. The predicted molar refractivity (Wildman–Crippen MR) is 148 cm³/mol. The number of aryl methyl sites for hydroxylation is 1. The fraction of sp³-hybridized carbons (Fsp3) is 0.0625. The van der Waals surface area contributed by atoms with Crippen LogP contribution < -0.4 is 15.7 Å². The molecule has 5 aromatic carbocycles. The van der Waals surface area contributed by atoms with Crippen molar-refractivity contribution in [2.45, 2.75) is 6.92 Å². The average Bonchev–Trinajstić information content (AvgIpc) is 2.92. The Morgan fingerprint density at radius 1 is 0.441 bits per heavy atom. The van der Waals surface area contributed by atoms with E-state index >= 15 is 0 Å². The minimum atomic E-state index is 0.917. The highest BCUT2D eigenvalue weighted by Crippen LogP contribution is 2.17. The third-order valence-electron chi connectivity index (χ3n) is 5.07. The third kappa shape index (κ3) is 8.84. The molecule has 1 radical (unpaired) electrons. The van der Waals surface area contributed by atoms with Gasteiger partial charge >= 0.3 is 0 Å². The zero-order valence-corrected chi connectivity index (χ0v) is 19.8. The van der Waals surface area contributed by atoms with Gasteiger partial charge < -0.3 is 4.74 Å². The highest BCUT2D eigenvalue weighted by molar-refractivity contribution is 6.67. The second kappa shape index (κ2) is 14.2. The van der Waals surface area contributed by atoms with E-state index in [4.69, 9.17) is 4.74 Å². The van der Waals surface area contributed by atoms with Crippen LogP contribution in [0.3, 0.4) is 0 Å². The van der Waals surface area contributed by atoms with E-state index in [9.17, 15) is 0 Å². The molecule has 2 heteroatoms. The second-order valence-electron chi connectivity index (χ2n) is 7.71. The molecule has 34 heavy (non-hydrogen) atoms. The van der Waals surface area contributed by atoms with Gasteiger partial charge in [-0.2, -0.15) is 0 Å². The summed E-state index contributed by atoms with van der Waals surface area (Å²) < 4.78 is 4.97. The zero-order chi connectivity index (χ0) is 23.8. The summed E-state index contributed by atoms with van der Waals surface area (Å²) in [5.74, 6) is 0.917. The lowest BCUT2D eigenvalue weighted by atomic mass is 9.64. The van der Waals surface area contributed by atoms with Crippen molar-refractivity contribution in [2.75, 3.05) is 7.11 Å². The van der Waals surface area contributed by atoms with Gasteiger partial charge in [-0.25, -0.2) is 0 Å². The molecule has 1 nitrogen and oxygen atoms in total. The molecule has 0 N–H and O–H groups in total. The molecule has 0 amide bonds. The summed E-state index contributed by atoms with van der Waals surface area (Å²) in [6, 6.07) is 49.4. The van der Waals surface area contributed by atoms with E-state index in [1.54, 1.807) is 7.11 Å². The van der Waals surface area contributed by atoms with Crippen molar-refractivity contribution in [3.63, 3.8) is 0 Å². The molecule has 5 rings (SSSR count). The third-order valence-corrected chi connectivity index (χ3v) is 5.07. The van der Waals surface area contributed by atoms with E-state index in [1.165, 1.54) is 27.6 Å². The van der Waals surface area contributed by atoms with Crippen LogP contribution in [-0.4, -0.2) is 14.4 Å². The van der Waals surface area contributed by atoms with Crippen LogP contribution in [0.4, 0.5) is 0 Å². The van der Waals surface area contributed by atoms with Crippen molar-refractivity contribution >= 4 is 18.2 Å². The summed E-state index contributed by atoms with van der Waals surface area (Å²) in [6.07, 6.45) is 0. The SMILES string of the molecule is COc1ccc(C)cc1.[B](c1ccccc1)c1ccccc1.c1ccc(-c2ccccc2)cc1. The van der Waals surface area contributed by atoms with Gasteiger partial charge in [0.2, 0.25) is 0 Å². The minimum absolute atomic E-state index is 0.917. The van der Waals surface area contributed by atoms with E-state index in [0.29, 0.717) is 0 Å². The molecule has 0 atom stereocenters. The van der Waals surface area contributed by atoms with Crippen molar-refractivity contribution in [1.82, 2.24) is 0 Å². The Kier molecular flexibility index (Phi) is 10.3. The van der Waals surface area contributed by atoms with Gasteiger partial charge in [0.25, 0.3) is 0 Å². The second-order valence-corrected chi connectivity index (χ2v) is 7.71. The van der Waals surface area contributed by atoms with Gasteiger partial charge in [0.05, 0.1) is 7.11 Å². The summed E-state index contributed by atoms with van der Waals surface area (Å²) in [7, 11) is 3.84. The van der Waals surface area contributed by atoms with Gasteiger partial charge in [-0.3, -0.25) is 0 Å². The summed E-state index contributed by atoms with van der Waals surface area (Å²) in [5, 5.41) is 0. The molecule has 0 bridgehead atoms. The molecule has 0 aliphatic carbocycles. The van der Waals surface area contributed by atoms with Crippen molar-refractivity contribution < 1.29 is 4.74 Å². The summed E-state index contributed by atoms with van der Waals surface area (Å²) >= 11 is 0. The van der Waals surface area contributed by atoms with Crippen LogP contribution in [-0.2, 0) is 0 Å². The van der Waals surface area contributed by atoms with Crippen LogP contribution in [0.15, 0.2) is 146 Å². The van der Waals surface area contributed by atoms with Crippen LogP contribution in [0.1, 0.15) is 5.56 Å². The first-order chi connectivity index (χ1) is 16.7. The number of hydrogen-bond acceptors (Lipinski definition) is 1. The Morgan fingerprint density at radius 3 is 1.15 bits per heavy atom. The van der Waals surface area contributed by atoms with Crippen molar-refractivity contribution in [3.05, 3.63) is 151 Å². The van der Waals surface area contributed by atoms with Gasteiger partial charge in [0.15, 0.2) is 7.28 Å². The number of rotatable bonds is 4. The highest BCUT2D eigenvalue weighted by atomic mass is 16.5. The number of ether oxygens (including phenoxy) is 1. The van der Waals surface area contributed by atoms with E-state index in [2.05, 4.69) is 111 Å². The lowest BCUT2D eigenvalue weighted by Gasteiger charge is -1.98. The fourth-order valence-electron chi connectivity index (χ4n) is 3.23. The molecule has 0 saturated carbocycles. The Balaban J connectivity index is 0.000000146. The molecule has 0 saturated heterocycles. The van der Waals surface area contributed by atoms with Crippen molar-refractivity contribution in [1.29, 1.82) is 0 Å². The van der Waals surface area contributed by atoms with Crippen LogP contribution in [0.2, 0.25) is 0 Å². The molecule has 0 fully saturated rings. The Morgan fingerprint density at radius 2 is 0.794 bits per heavy atom. The average molecular weight is 441 g/mol. The quantitative estimate of drug-likeness (QED) is 0.282. The van der Waals surface area contributed by atoms with Gasteiger partial charge in [-0.05, 0) is 30.2 Å². The molecule has 167 valence electrons. The Labute approximate surface area is 205 Å². The summed E-state index contributed by atoms with van der Waals surface area (Å²) in [5.41, 5.74) is 6.30. The number of benzene rings is 5. The van der Waals surface area contributed by atoms with Crippen LogP contribution in [0.25, 0.3) is 11.1 Å². The normalized spacial score (nSPS) is 9.47. The molecule has 0 aliphatic rings. The monoisotopic (exact) mass is 441 g/mol. The lowest BCUT2D eigenvalue weighted by Crippen LogP contribution is -2.26. The largest absolute Gasteiger partial charge is 0.497 e. The molecule has 0 heterocycles. The minimum Gasteiger partial charge on any atom is -0.497 e. The van der Waals surface area contributed by atoms with Crippen LogP contribution in [0.5, 0.6) is 5.75 Å². The molecular formula is C32H30BO. The van der Waals surface area contributed by atoms with Gasteiger partial charge in [-0.15, -0.1) is 0 Å². The number of hydrogen-bond donors (Lipinski definition) is 0. The van der Waals surface area contributed by atoms with Gasteiger partial charge in [0.1, 0.15) is 5.75 Å². The van der Waals surface area contributed by atoms with Gasteiger partial charge in [0, 0.05) is 0 Å². The van der Waals surface area contributed by atoms with E-state index in [-0.39, 0.29) is 0 Å². The van der Waals surface area contributed by atoms with Crippen LogP contribution >= 0.6 is 0 Å². The molecular weight excluding hydrogens is 411 g/mol. The molecule has 0 aliphatic heterocycles. The Hall–Kier alpha value is -4.04. The first-order valence-electron chi connectivity index (χ1n) is 11.4. The van der Waals surface area contributed by atoms with E-state index in [0.717, 1.165) is 5.75 Å². The maximum absolute atomic E-state index is 4.97. The van der Waals surface area contributed by atoms with Crippen molar-refractivity contribution in [3.8, 4) is 16.9 Å². The first kappa shape index (κ1) is 24.6. The Bertz CT molecular complexity index is 1100. The standard InChI is InChI=1S/C12H10B.C12H10.C8H10O/c1-3-7-11(8-4-1)13-12-9-5-2-6-10-12;1-3-7-11(8-4-1)12-9-5-2-6-10-12;1-7-3-5-8(9-2)6-4-7/h1-10H;1-10H;3-6H,1-2H3. The predicted octanol–water partition coefficient (Wildman–Crippen LogP) is 6.70. The van der Waals surface area contributed by atoms with E-state index < -0.39 is 0 Å². The fourth-order valence-corrected chi connectivity index (χ4v) is 3.23.